The van der Waals surface area contributed by atoms with Crippen LogP contribution in [0.15, 0.2) is 0 Å². The Morgan fingerprint density at radius 1 is 1.00 bits per heavy atom. The lowest BCUT2D eigenvalue weighted by Gasteiger charge is -1.61. The Bertz CT molecular complexity index is 76.5. The summed E-state index contributed by atoms with van der Waals surface area (Å²) in [6, 6.07) is 0. The molecule has 0 aliphatic carbocycles. The third kappa shape index (κ3) is 462. The summed E-state index contributed by atoms with van der Waals surface area (Å²) in [5, 5.41) is 0. The van der Waals surface area contributed by atoms with Gasteiger partial charge in [0, 0.05) is 36.4 Å². The molecule has 62 valence electrons. The summed E-state index contributed by atoms with van der Waals surface area (Å²) in [6.07, 6.45) is 0. The maximum Gasteiger partial charge on any atom is 0.186 e. The first-order valence-electron chi connectivity index (χ1n) is 1.86. The summed E-state index contributed by atoms with van der Waals surface area (Å²) in [5.41, 5.74) is 0. The third-order valence-corrected chi connectivity index (χ3v) is 0. The molecule has 0 amide bonds. The van der Waals surface area contributed by atoms with E-state index in [0.29, 0.717) is 0 Å². The van der Waals surface area contributed by atoms with Crippen LogP contribution in [0.4, 0.5) is 0 Å². The van der Waals surface area contributed by atoms with Gasteiger partial charge in [-0.25, -0.2) is 0 Å². The van der Waals surface area contributed by atoms with Crippen LogP contribution in [0.2, 0.25) is 0 Å². The van der Waals surface area contributed by atoms with Gasteiger partial charge in [-0.1, -0.05) is 7.43 Å². The Labute approximate surface area is 78.9 Å². The molecule has 0 aromatic heterocycles. The predicted octanol–water partition coefficient (Wildman–Crippen LogP) is 0.422. The average molecular weight is 200 g/mol. The van der Waals surface area contributed by atoms with Crippen molar-refractivity contribution in [3.05, 3.63) is 0 Å². The van der Waals surface area contributed by atoms with Gasteiger partial charge in [0.15, 0.2) is 16.1 Å². The van der Waals surface area contributed by atoms with Crippen LogP contribution in [0.25, 0.3) is 0 Å². The average Bonchev–Trinajstić information content (AvgIpc) is 1.25. The van der Waals surface area contributed by atoms with E-state index in [9.17, 15) is 9.13 Å². The first kappa shape index (κ1) is 22.5. The zero-order valence-corrected chi connectivity index (χ0v) is 8.83. The second kappa shape index (κ2) is 16.6. The second-order valence-electron chi connectivity index (χ2n) is 1.04. The molecule has 0 saturated heterocycles. The standard InChI is InChI=1S/2CH5O2P.CH4.Mg/c2*1-4(2)3;;/h2*4H,1H3,(H,2,3);1H4;. The van der Waals surface area contributed by atoms with Crippen molar-refractivity contribution >= 4 is 39.1 Å². The van der Waals surface area contributed by atoms with E-state index >= 15 is 0 Å². The van der Waals surface area contributed by atoms with Crippen molar-refractivity contribution in [2.24, 2.45) is 0 Å². The van der Waals surface area contributed by atoms with Gasteiger partial charge in [0.2, 0.25) is 0 Å². The van der Waals surface area contributed by atoms with Crippen molar-refractivity contribution in [3.63, 3.8) is 0 Å². The van der Waals surface area contributed by atoms with E-state index in [1.807, 2.05) is 0 Å². The molecule has 0 heterocycles. The summed E-state index contributed by atoms with van der Waals surface area (Å²) in [7, 11) is -4.26. The zero-order valence-electron chi connectivity index (χ0n) is 5.42. The molecule has 0 aromatic rings. The highest BCUT2D eigenvalue weighted by Crippen LogP contribution is 2.00. The largest absolute Gasteiger partial charge is 0.346 e. The SMILES string of the molecule is C.C[PH](=O)O.C[PH](=O)O.[Mg]. The molecule has 0 fully saturated rings. The molecule has 0 spiro atoms. The monoisotopic (exact) mass is 200 g/mol. The van der Waals surface area contributed by atoms with E-state index in [1.165, 1.54) is 13.3 Å². The first-order chi connectivity index (χ1) is 3.46. The molecule has 0 rings (SSSR count). The molecule has 0 aliphatic rings. The highest BCUT2D eigenvalue weighted by molar-refractivity contribution is 7.37. The van der Waals surface area contributed by atoms with Crippen LogP contribution < -0.4 is 0 Å². The third-order valence-electron chi connectivity index (χ3n) is 0. The van der Waals surface area contributed by atoms with Crippen LogP contribution in [-0.2, 0) is 9.13 Å². The van der Waals surface area contributed by atoms with E-state index in [4.69, 9.17) is 9.79 Å². The van der Waals surface area contributed by atoms with Gasteiger partial charge in [-0.05, 0) is 0 Å². The zero-order chi connectivity index (χ0) is 7.15. The van der Waals surface area contributed by atoms with Gasteiger partial charge in [-0.15, -0.1) is 0 Å². The fourth-order valence-corrected chi connectivity index (χ4v) is 0. The molecular formula is C3H14MgO4P2. The number of rotatable bonds is 0. The lowest BCUT2D eigenvalue weighted by molar-refractivity contribution is 0.508. The van der Waals surface area contributed by atoms with E-state index in [1.54, 1.807) is 0 Å². The van der Waals surface area contributed by atoms with E-state index in [0.717, 1.165) is 0 Å². The van der Waals surface area contributed by atoms with Gasteiger partial charge in [0.05, 0.1) is 0 Å². The molecule has 0 bridgehead atoms. The van der Waals surface area contributed by atoms with Crippen LogP contribution in [0.5, 0.6) is 0 Å². The minimum Gasteiger partial charge on any atom is -0.346 e. The fourth-order valence-electron chi connectivity index (χ4n) is 0. The van der Waals surface area contributed by atoms with Crippen LogP contribution in [0, 0.1) is 0 Å². The van der Waals surface area contributed by atoms with Gasteiger partial charge in [0.1, 0.15) is 0 Å². The van der Waals surface area contributed by atoms with Crippen LogP contribution >= 0.6 is 16.1 Å². The second-order valence-corrected chi connectivity index (χ2v) is 3.11. The van der Waals surface area contributed by atoms with Crippen molar-refractivity contribution in [3.8, 4) is 0 Å². The summed E-state index contributed by atoms with van der Waals surface area (Å²) in [5.74, 6) is 0. The van der Waals surface area contributed by atoms with Gasteiger partial charge in [-0.2, -0.15) is 0 Å². The Morgan fingerprint density at radius 3 is 1.00 bits per heavy atom. The first-order valence-corrected chi connectivity index (χ1v) is 5.57. The predicted molar refractivity (Wildman–Crippen MR) is 46.8 cm³/mol. The highest BCUT2D eigenvalue weighted by Gasteiger charge is 1.60. The van der Waals surface area contributed by atoms with E-state index in [-0.39, 0.29) is 30.5 Å². The Kier molecular flexibility index (Phi) is 37.3. The normalized spacial score (nSPS) is 12.4. The molecular weight excluding hydrogens is 186 g/mol. The topological polar surface area (TPSA) is 74.6 Å². The Morgan fingerprint density at radius 2 is 1.00 bits per heavy atom. The number of hydrogen-bond donors (Lipinski definition) is 2. The molecule has 0 saturated carbocycles. The van der Waals surface area contributed by atoms with Crippen molar-refractivity contribution < 1.29 is 18.9 Å². The Hall–Kier alpha value is 1.15. The minimum atomic E-state index is -2.13. The molecule has 2 unspecified atom stereocenters. The van der Waals surface area contributed by atoms with Gasteiger partial charge in [-0.3, -0.25) is 9.13 Å². The highest BCUT2D eigenvalue weighted by atomic mass is 31.1. The summed E-state index contributed by atoms with van der Waals surface area (Å²) >= 11 is 0. The minimum absolute atomic E-state index is 0. The van der Waals surface area contributed by atoms with E-state index in [2.05, 4.69) is 0 Å². The van der Waals surface area contributed by atoms with Gasteiger partial charge < -0.3 is 9.79 Å². The van der Waals surface area contributed by atoms with E-state index < -0.39 is 16.1 Å². The molecule has 2 N–H and O–H groups in total. The lowest BCUT2D eigenvalue weighted by atomic mass is 12.0. The maximum atomic E-state index is 9.19. The van der Waals surface area contributed by atoms with Crippen molar-refractivity contribution in [1.82, 2.24) is 0 Å². The maximum absolute atomic E-state index is 9.19. The smallest absolute Gasteiger partial charge is 0.186 e. The van der Waals surface area contributed by atoms with Crippen LogP contribution in [0.3, 0.4) is 0 Å². The van der Waals surface area contributed by atoms with Crippen LogP contribution in [-0.4, -0.2) is 46.2 Å². The molecule has 0 aliphatic heterocycles. The van der Waals surface area contributed by atoms with Crippen molar-refractivity contribution in [2.75, 3.05) is 13.3 Å². The fraction of sp³-hybridized carbons (Fsp3) is 1.00. The van der Waals surface area contributed by atoms with Crippen LogP contribution in [0.1, 0.15) is 7.43 Å². The molecule has 2 radical (unpaired) electrons. The van der Waals surface area contributed by atoms with Crippen molar-refractivity contribution in [2.45, 2.75) is 7.43 Å². The molecule has 4 nitrogen and oxygen atoms in total. The molecule has 2 atom stereocenters. The quantitative estimate of drug-likeness (QED) is 0.439. The summed E-state index contributed by atoms with van der Waals surface area (Å²) < 4.78 is 18.4. The van der Waals surface area contributed by atoms with Crippen molar-refractivity contribution in [1.29, 1.82) is 0 Å². The molecule has 10 heavy (non-hydrogen) atoms. The number of hydrogen-bond acceptors (Lipinski definition) is 2. The van der Waals surface area contributed by atoms with Gasteiger partial charge >= 0.3 is 0 Å². The molecule has 0 aromatic carbocycles. The Balaban J connectivity index is -0.0000000300. The summed E-state index contributed by atoms with van der Waals surface area (Å²) in [4.78, 5) is 15.2. The summed E-state index contributed by atoms with van der Waals surface area (Å²) in [6.45, 7) is 2.54. The van der Waals surface area contributed by atoms with Gasteiger partial charge in [0.25, 0.3) is 0 Å². The lowest BCUT2D eigenvalue weighted by Crippen LogP contribution is -1.35. The molecule has 7 heteroatoms.